The van der Waals surface area contributed by atoms with Crippen LogP contribution in [0.3, 0.4) is 0 Å². The lowest BCUT2D eigenvalue weighted by atomic mass is 9.82. The van der Waals surface area contributed by atoms with Gasteiger partial charge in [0.1, 0.15) is 8.37 Å². The third kappa shape index (κ3) is 3.60. The quantitative estimate of drug-likeness (QED) is 0.248. The van der Waals surface area contributed by atoms with Crippen LogP contribution in [0.25, 0.3) is 10.4 Å². The highest BCUT2D eigenvalue weighted by Crippen LogP contribution is 2.63. The van der Waals surface area contributed by atoms with E-state index in [1.807, 2.05) is 0 Å². The average molecular weight is 353 g/mol. The Balaban J connectivity index is 2.56. The Hall–Kier alpha value is -0.340. The van der Waals surface area contributed by atoms with Crippen molar-refractivity contribution < 1.29 is 0 Å². The van der Waals surface area contributed by atoms with E-state index in [1.165, 1.54) is 12.8 Å². The Kier molecular flexibility index (Phi) is 5.35. The molecule has 2 saturated heterocycles. The molecule has 0 N–H and O–H groups in total. The van der Waals surface area contributed by atoms with E-state index in [1.54, 1.807) is 0 Å². The molecule has 0 atom stereocenters. The Morgan fingerprint density at radius 2 is 1.00 bits per heavy atom. The molecule has 6 heteroatoms. The predicted octanol–water partition coefficient (Wildman–Crippen LogP) is 6.61. The maximum absolute atomic E-state index is 9.40. The largest absolute Gasteiger partial charge is 0.254 e. The minimum atomic E-state index is -1.07. The number of rotatable bonds is 3. The zero-order valence-electron chi connectivity index (χ0n) is 16.9. The third-order valence-electron chi connectivity index (χ3n) is 5.93. The standard InChI is InChI=1S/C18H36N5P/c1-15(2)11-9-12-16(3,4)22(15)24(21-20-19)23-17(5,6)13-10-14-18(23,7)8/h9-14H2,1-8H3. The summed E-state index contributed by atoms with van der Waals surface area (Å²) >= 11 is 0. The van der Waals surface area contributed by atoms with Crippen molar-refractivity contribution in [2.45, 2.75) is 116 Å². The first kappa shape index (κ1) is 20.0. The van der Waals surface area contributed by atoms with Crippen LogP contribution in [-0.2, 0) is 0 Å². The van der Waals surface area contributed by atoms with E-state index in [9.17, 15) is 5.53 Å². The Labute approximate surface area is 149 Å². The fourth-order valence-corrected chi connectivity index (χ4v) is 7.89. The van der Waals surface area contributed by atoms with Gasteiger partial charge in [-0.15, -0.1) is 0 Å². The highest BCUT2D eigenvalue weighted by atomic mass is 31.1. The van der Waals surface area contributed by atoms with Crippen molar-refractivity contribution >= 4 is 8.37 Å². The number of piperidine rings is 2. The molecule has 2 fully saturated rings. The van der Waals surface area contributed by atoms with Crippen LogP contribution in [0.15, 0.2) is 4.88 Å². The summed E-state index contributed by atoms with van der Waals surface area (Å²) in [4.78, 5) is 7.77. The fourth-order valence-electron chi connectivity index (χ4n) is 5.14. The SMILES string of the molecule is CC1(C)CCCC(C)(C)N1P(N=[N+]=[N-])N1C(C)(C)CCCC1(C)C. The van der Waals surface area contributed by atoms with E-state index in [0.717, 1.165) is 25.7 Å². The molecule has 2 aliphatic rings. The van der Waals surface area contributed by atoms with E-state index in [-0.39, 0.29) is 22.2 Å². The van der Waals surface area contributed by atoms with Crippen LogP contribution in [-0.4, -0.2) is 31.5 Å². The molecule has 0 aromatic heterocycles. The van der Waals surface area contributed by atoms with Crippen LogP contribution in [0.4, 0.5) is 0 Å². The molecule has 0 aliphatic carbocycles. The minimum absolute atomic E-state index is 0.0469. The van der Waals surface area contributed by atoms with E-state index in [2.05, 4.69) is 74.5 Å². The summed E-state index contributed by atoms with van der Waals surface area (Å²) in [6, 6.07) is 0. The van der Waals surface area contributed by atoms with Gasteiger partial charge < -0.3 is 0 Å². The number of nitrogens with zero attached hydrogens (tertiary/aromatic N) is 5. The molecular formula is C18H36N5P. The van der Waals surface area contributed by atoms with Gasteiger partial charge >= 0.3 is 0 Å². The molecular weight excluding hydrogens is 317 g/mol. The molecule has 2 rings (SSSR count). The maximum Gasteiger partial charge on any atom is 0.136 e. The Morgan fingerprint density at radius 1 is 0.708 bits per heavy atom. The molecule has 0 aromatic carbocycles. The normalized spacial score (nSPS) is 29.2. The summed E-state index contributed by atoms with van der Waals surface area (Å²) in [5.41, 5.74) is 9.59. The molecule has 2 aliphatic heterocycles. The molecule has 5 nitrogen and oxygen atoms in total. The van der Waals surface area contributed by atoms with Crippen LogP contribution in [0.5, 0.6) is 0 Å². The van der Waals surface area contributed by atoms with Gasteiger partial charge in [-0.05, 0) is 104 Å². The van der Waals surface area contributed by atoms with Crippen molar-refractivity contribution in [3.63, 3.8) is 0 Å². The van der Waals surface area contributed by atoms with Crippen LogP contribution < -0.4 is 0 Å². The minimum Gasteiger partial charge on any atom is -0.254 e. The molecule has 0 bridgehead atoms. The van der Waals surface area contributed by atoms with Crippen molar-refractivity contribution in [1.29, 1.82) is 0 Å². The zero-order valence-corrected chi connectivity index (χ0v) is 17.8. The second-order valence-electron chi connectivity index (χ2n) is 10.0. The summed E-state index contributed by atoms with van der Waals surface area (Å²) in [6.07, 6.45) is 7.11. The van der Waals surface area contributed by atoms with Gasteiger partial charge in [-0.3, -0.25) is 9.34 Å². The van der Waals surface area contributed by atoms with E-state index < -0.39 is 8.37 Å². The summed E-state index contributed by atoms with van der Waals surface area (Å²) in [5.74, 6) is 0. The molecule has 24 heavy (non-hydrogen) atoms. The Morgan fingerprint density at radius 3 is 1.25 bits per heavy atom. The summed E-state index contributed by atoms with van der Waals surface area (Å²) < 4.78 is 5.13. The van der Waals surface area contributed by atoms with Gasteiger partial charge in [0.2, 0.25) is 0 Å². The van der Waals surface area contributed by atoms with Crippen molar-refractivity contribution in [3.05, 3.63) is 10.4 Å². The molecule has 0 saturated carbocycles. The first-order valence-corrected chi connectivity index (χ1v) is 10.5. The van der Waals surface area contributed by atoms with Crippen molar-refractivity contribution in [2.75, 3.05) is 0 Å². The fraction of sp³-hybridized carbons (Fsp3) is 1.00. The highest BCUT2D eigenvalue weighted by molar-refractivity contribution is 7.51. The van der Waals surface area contributed by atoms with E-state index in [0.29, 0.717) is 0 Å². The molecule has 2 heterocycles. The molecule has 0 aromatic rings. The second kappa shape index (κ2) is 6.43. The predicted molar refractivity (Wildman–Crippen MR) is 104 cm³/mol. The Bertz CT molecular complexity index is 450. The van der Waals surface area contributed by atoms with Crippen LogP contribution in [0.2, 0.25) is 0 Å². The maximum atomic E-state index is 9.40. The lowest BCUT2D eigenvalue weighted by molar-refractivity contribution is 0.0164. The lowest BCUT2D eigenvalue weighted by Gasteiger charge is -2.62. The van der Waals surface area contributed by atoms with Crippen molar-refractivity contribution in [2.24, 2.45) is 4.88 Å². The molecule has 0 radical (unpaired) electrons. The zero-order chi connectivity index (χ0) is 18.4. The van der Waals surface area contributed by atoms with Gasteiger partial charge in [-0.1, -0.05) is 0 Å². The van der Waals surface area contributed by atoms with Crippen LogP contribution >= 0.6 is 8.37 Å². The van der Waals surface area contributed by atoms with Gasteiger partial charge in [0.05, 0.1) is 0 Å². The average Bonchev–Trinajstić information content (AvgIpc) is 2.34. The van der Waals surface area contributed by atoms with Crippen molar-refractivity contribution in [3.8, 4) is 0 Å². The second-order valence-corrected chi connectivity index (χ2v) is 11.5. The molecule has 0 spiro atoms. The summed E-state index contributed by atoms with van der Waals surface area (Å²) in [6.45, 7) is 18.6. The van der Waals surface area contributed by atoms with Gasteiger partial charge in [-0.2, -0.15) is 0 Å². The van der Waals surface area contributed by atoms with E-state index in [4.69, 9.17) is 0 Å². The first-order chi connectivity index (χ1) is 10.9. The van der Waals surface area contributed by atoms with Gasteiger partial charge in [0.15, 0.2) is 0 Å². The summed E-state index contributed by atoms with van der Waals surface area (Å²) in [5, 5.41) is 0. The molecule has 0 unspecified atom stereocenters. The van der Waals surface area contributed by atoms with Gasteiger partial charge in [0.25, 0.3) is 0 Å². The lowest BCUT2D eigenvalue weighted by Crippen LogP contribution is -2.62. The monoisotopic (exact) mass is 353 g/mol. The number of azide groups is 1. The number of hydrogen-bond acceptors (Lipinski definition) is 3. The van der Waals surface area contributed by atoms with Crippen molar-refractivity contribution in [1.82, 2.24) is 9.34 Å². The molecule has 138 valence electrons. The van der Waals surface area contributed by atoms with Crippen LogP contribution in [0, 0.1) is 0 Å². The first-order valence-electron chi connectivity index (χ1n) is 9.31. The smallest absolute Gasteiger partial charge is 0.136 e. The topological polar surface area (TPSA) is 55.2 Å². The van der Waals surface area contributed by atoms with Gasteiger partial charge in [-0.25, -0.2) is 0 Å². The third-order valence-corrected chi connectivity index (χ3v) is 9.05. The molecule has 0 amide bonds. The summed E-state index contributed by atoms with van der Waals surface area (Å²) in [7, 11) is -1.07. The van der Waals surface area contributed by atoms with Crippen LogP contribution in [0.1, 0.15) is 93.9 Å². The van der Waals surface area contributed by atoms with Gasteiger partial charge in [0, 0.05) is 27.1 Å². The highest BCUT2D eigenvalue weighted by Gasteiger charge is 2.53. The van der Waals surface area contributed by atoms with E-state index >= 15 is 0 Å². The number of hydrogen-bond donors (Lipinski definition) is 0.